The minimum atomic E-state index is -0.00705. The molecule has 1 aliphatic heterocycles. The Labute approximate surface area is 134 Å². The predicted octanol–water partition coefficient (Wildman–Crippen LogP) is 2.09. The third-order valence-electron chi connectivity index (χ3n) is 3.75. The van der Waals surface area contributed by atoms with E-state index in [0.717, 1.165) is 11.9 Å². The lowest BCUT2D eigenvalue weighted by Gasteiger charge is -2.31. The van der Waals surface area contributed by atoms with Crippen molar-refractivity contribution < 1.29 is 9.53 Å². The monoisotopic (exact) mass is 319 g/mol. The maximum Gasteiger partial charge on any atom is 0.260 e. The van der Waals surface area contributed by atoms with Crippen LogP contribution in [0.25, 0.3) is 10.9 Å². The highest BCUT2D eigenvalue weighted by molar-refractivity contribution is 6.35. The summed E-state index contributed by atoms with van der Waals surface area (Å²) in [7, 11) is 0. The largest absolute Gasteiger partial charge is 0.481 e. The zero-order chi connectivity index (χ0) is 15.5. The Morgan fingerprint density at radius 3 is 3.18 bits per heavy atom. The first-order valence-corrected chi connectivity index (χ1v) is 7.70. The molecule has 1 N–H and O–H groups in total. The van der Waals surface area contributed by atoms with Crippen molar-refractivity contribution in [3.63, 3.8) is 0 Å². The van der Waals surface area contributed by atoms with E-state index in [2.05, 4.69) is 17.2 Å². The van der Waals surface area contributed by atoms with Gasteiger partial charge in [-0.2, -0.15) is 0 Å². The van der Waals surface area contributed by atoms with Crippen molar-refractivity contribution in [1.29, 1.82) is 0 Å². The van der Waals surface area contributed by atoms with Crippen molar-refractivity contribution in [2.75, 3.05) is 26.2 Å². The molecule has 0 saturated carbocycles. The Bertz CT molecular complexity index is 692. The number of amides is 1. The van der Waals surface area contributed by atoms with Crippen LogP contribution in [0.1, 0.15) is 6.92 Å². The van der Waals surface area contributed by atoms with E-state index in [1.807, 2.05) is 17.0 Å². The number of piperazine rings is 1. The third kappa shape index (κ3) is 3.15. The number of nitrogens with zero attached hydrogens (tertiary/aromatic N) is 2. The highest BCUT2D eigenvalue weighted by Crippen LogP contribution is 2.29. The molecule has 1 aliphatic rings. The summed E-state index contributed by atoms with van der Waals surface area (Å²) in [5, 5.41) is 4.76. The standard InChI is InChI=1S/C16H18ClN3O2/c1-11-9-20(8-7-18-11)15(21)10-22-14-5-4-13(17)12-3-2-6-19-16(12)14/h2-6,11,18H,7-10H2,1H3. The second-order valence-electron chi connectivity index (χ2n) is 5.43. The van der Waals surface area contributed by atoms with Gasteiger partial charge in [0, 0.05) is 37.3 Å². The fourth-order valence-electron chi connectivity index (χ4n) is 2.62. The normalized spacial score (nSPS) is 18.5. The van der Waals surface area contributed by atoms with E-state index < -0.39 is 0 Å². The molecule has 2 heterocycles. The van der Waals surface area contributed by atoms with Gasteiger partial charge < -0.3 is 15.0 Å². The highest BCUT2D eigenvalue weighted by atomic mass is 35.5. The average molecular weight is 320 g/mol. The summed E-state index contributed by atoms with van der Waals surface area (Å²) in [5.41, 5.74) is 0.677. The van der Waals surface area contributed by atoms with Crippen LogP contribution in [-0.2, 0) is 4.79 Å². The number of hydrogen-bond acceptors (Lipinski definition) is 4. The van der Waals surface area contributed by atoms with Gasteiger partial charge in [-0.1, -0.05) is 11.6 Å². The van der Waals surface area contributed by atoms with Crippen LogP contribution in [0.4, 0.5) is 0 Å². The van der Waals surface area contributed by atoms with E-state index in [4.69, 9.17) is 16.3 Å². The lowest BCUT2D eigenvalue weighted by atomic mass is 10.2. The van der Waals surface area contributed by atoms with Crippen LogP contribution in [0.15, 0.2) is 30.5 Å². The molecule has 0 radical (unpaired) electrons. The second-order valence-corrected chi connectivity index (χ2v) is 5.84. The minimum absolute atomic E-state index is 0.00705. The quantitative estimate of drug-likeness (QED) is 0.941. The lowest BCUT2D eigenvalue weighted by Crippen LogP contribution is -2.52. The summed E-state index contributed by atoms with van der Waals surface area (Å²) >= 11 is 6.15. The molecule has 5 nitrogen and oxygen atoms in total. The molecule has 6 heteroatoms. The molecular formula is C16H18ClN3O2. The van der Waals surface area contributed by atoms with Crippen LogP contribution in [0.3, 0.4) is 0 Å². The Morgan fingerprint density at radius 1 is 1.50 bits per heavy atom. The number of nitrogens with one attached hydrogen (secondary N) is 1. The molecule has 3 rings (SSSR count). The van der Waals surface area contributed by atoms with Crippen LogP contribution < -0.4 is 10.1 Å². The number of pyridine rings is 1. The molecule has 1 fully saturated rings. The van der Waals surface area contributed by atoms with Crippen LogP contribution in [0.2, 0.25) is 5.02 Å². The van der Waals surface area contributed by atoms with E-state index >= 15 is 0 Å². The number of ether oxygens (including phenoxy) is 1. The summed E-state index contributed by atoms with van der Waals surface area (Å²) in [5.74, 6) is 0.573. The van der Waals surface area contributed by atoms with Crippen molar-refractivity contribution in [3.05, 3.63) is 35.5 Å². The minimum Gasteiger partial charge on any atom is -0.481 e. The van der Waals surface area contributed by atoms with Crippen molar-refractivity contribution in [2.45, 2.75) is 13.0 Å². The fourth-order valence-corrected chi connectivity index (χ4v) is 2.83. The number of benzene rings is 1. The topological polar surface area (TPSA) is 54.5 Å². The van der Waals surface area contributed by atoms with Gasteiger partial charge in [0.05, 0.1) is 5.02 Å². The van der Waals surface area contributed by atoms with Crippen LogP contribution in [-0.4, -0.2) is 48.1 Å². The van der Waals surface area contributed by atoms with Gasteiger partial charge in [0.15, 0.2) is 6.61 Å². The van der Waals surface area contributed by atoms with E-state index in [9.17, 15) is 4.79 Å². The van der Waals surface area contributed by atoms with Gasteiger partial charge in [-0.05, 0) is 31.2 Å². The smallest absolute Gasteiger partial charge is 0.260 e. The zero-order valence-corrected chi connectivity index (χ0v) is 13.1. The number of hydrogen-bond donors (Lipinski definition) is 1. The van der Waals surface area contributed by atoms with Crippen molar-refractivity contribution >= 4 is 28.4 Å². The summed E-state index contributed by atoms with van der Waals surface area (Å²) < 4.78 is 5.69. The van der Waals surface area contributed by atoms with Gasteiger partial charge >= 0.3 is 0 Å². The molecule has 1 saturated heterocycles. The number of carbonyl (C=O) groups is 1. The fraction of sp³-hybridized carbons (Fsp3) is 0.375. The van der Waals surface area contributed by atoms with Gasteiger partial charge in [0.25, 0.3) is 5.91 Å². The van der Waals surface area contributed by atoms with Gasteiger partial charge in [0.2, 0.25) is 0 Å². The summed E-state index contributed by atoms with van der Waals surface area (Å²) in [6.07, 6.45) is 1.69. The number of rotatable bonds is 3. The molecule has 0 bridgehead atoms. The van der Waals surface area contributed by atoms with E-state index in [-0.39, 0.29) is 12.5 Å². The molecule has 1 unspecified atom stereocenters. The van der Waals surface area contributed by atoms with E-state index in [1.54, 1.807) is 18.3 Å². The Kier molecular flexibility index (Phi) is 4.45. The predicted molar refractivity (Wildman–Crippen MR) is 86.3 cm³/mol. The van der Waals surface area contributed by atoms with Crippen LogP contribution in [0.5, 0.6) is 5.75 Å². The second kappa shape index (κ2) is 6.50. The van der Waals surface area contributed by atoms with Gasteiger partial charge in [-0.3, -0.25) is 9.78 Å². The molecule has 1 atom stereocenters. The van der Waals surface area contributed by atoms with Gasteiger partial charge in [-0.25, -0.2) is 0 Å². The van der Waals surface area contributed by atoms with Gasteiger partial charge in [0.1, 0.15) is 11.3 Å². The number of carbonyl (C=O) groups excluding carboxylic acids is 1. The van der Waals surface area contributed by atoms with Gasteiger partial charge in [-0.15, -0.1) is 0 Å². The summed E-state index contributed by atoms with van der Waals surface area (Å²) in [6, 6.07) is 7.54. The summed E-state index contributed by atoms with van der Waals surface area (Å²) in [4.78, 5) is 18.4. The Balaban J connectivity index is 1.71. The first-order chi connectivity index (χ1) is 10.6. The van der Waals surface area contributed by atoms with Crippen LogP contribution in [0, 0.1) is 0 Å². The van der Waals surface area contributed by atoms with Crippen LogP contribution >= 0.6 is 11.6 Å². The molecule has 1 amide bonds. The SMILES string of the molecule is CC1CN(C(=O)COc2ccc(Cl)c3cccnc23)CCN1. The molecular weight excluding hydrogens is 302 g/mol. The first kappa shape index (κ1) is 15.1. The molecule has 0 spiro atoms. The van der Waals surface area contributed by atoms with Crippen molar-refractivity contribution in [2.24, 2.45) is 0 Å². The maximum absolute atomic E-state index is 12.2. The zero-order valence-electron chi connectivity index (χ0n) is 12.4. The van der Waals surface area contributed by atoms with E-state index in [1.165, 1.54) is 0 Å². The molecule has 2 aromatic rings. The molecule has 1 aromatic carbocycles. The molecule has 1 aromatic heterocycles. The lowest BCUT2D eigenvalue weighted by molar-refractivity contribution is -0.134. The van der Waals surface area contributed by atoms with Crippen molar-refractivity contribution in [1.82, 2.24) is 15.2 Å². The van der Waals surface area contributed by atoms with E-state index in [0.29, 0.717) is 35.4 Å². The molecule has 116 valence electrons. The first-order valence-electron chi connectivity index (χ1n) is 7.32. The number of halogens is 1. The average Bonchev–Trinajstić information content (AvgIpc) is 2.54. The van der Waals surface area contributed by atoms with Crippen molar-refractivity contribution in [3.8, 4) is 5.75 Å². The Hall–Kier alpha value is -1.85. The third-order valence-corrected chi connectivity index (χ3v) is 4.08. The summed E-state index contributed by atoms with van der Waals surface area (Å²) in [6.45, 7) is 4.32. The Morgan fingerprint density at radius 2 is 2.36 bits per heavy atom. The molecule has 0 aliphatic carbocycles. The highest BCUT2D eigenvalue weighted by Gasteiger charge is 2.21. The number of fused-ring (bicyclic) bond motifs is 1. The number of aromatic nitrogens is 1. The maximum atomic E-state index is 12.2. The molecule has 22 heavy (non-hydrogen) atoms.